The molecule has 2 atom stereocenters. The van der Waals surface area contributed by atoms with Gasteiger partial charge in [-0.15, -0.1) is 0 Å². The van der Waals surface area contributed by atoms with E-state index in [0.717, 1.165) is 6.42 Å². The highest BCUT2D eigenvalue weighted by molar-refractivity contribution is 7.97. The number of rotatable bonds is 4. The molecule has 0 aromatic carbocycles. The Morgan fingerprint density at radius 3 is 2.48 bits per heavy atom. The van der Waals surface area contributed by atoms with Gasteiger partial charge in [0.1, 0.15) is 16.2 Å². The molecule has 0 bridgehead atoms. The van der Waals surface area contributed by atoms with Crippen LogP contribution in [0.4, 0.5) is 4.79 Å². The molecular formula is C19H26Cl2N2O5S. The number of aliphatic hydroxyl groups excluding tert-OH is 1. The van der Waals surface area contributed by atoms with Crippen molar-refractivity contribution in [1.29, 1.82) is 0 Å². The summed E-state index contributed by atoms with van der Waals surface area (Å²) < 4.78 is 31.0. The zero-order valence-corrected chi connectivity index (χ0v) is 18.8. The third kappa shape index (κ3) is 4.17. The monoisotopic (exact) mass is 464 g/mol. The molecule has 0 aromatic heterocycles. The van der Waals surface area contributed by atoms with Crippen LogP contribution in [0.2, 0.25) is 0 Å². The minimum absolute atomic E-state index is 0.0309. The number of hydrogen-bond donors (Lipinski definition) is 3. The van der Waals surface area contributed by atoms with Crippen LogP contribution >= 0.6 is 23.2 Å². The molecule has 2 aliphatic carbocycles. The Morgan fingerprint density at radius 2 is 1.90 bits per heavy atom. The van der Waals surface area contributed by atoms with E-state index < -0.39 is 31.9 Å². The van der Waals surface area contributed by atoms with Crippen molar-refractivity contribution in [2.24, 2.45) is 0 Å². The van der Waals surface area contributed by atoms with E-state index in [-0.39, 0.29) is 22.4 Å². The van der Waals surface area contributed by atoms with Crippen LogP contribution in [0.3, 0.4) is 0 Å². The first-order valence-electron chi connectivity index (χ1n) is 9.56. The van der Waals surface area contributed by atoms with Crippen molar-refractivity contribution >= 4 is 39.1 Å². The highest BCUT2D eigenvalue weighted by atomic mass is 35.5. The van der Waals surface area contributed by atoms with Gasteiger partial charge in [-0.25, -0.2) is 13.2 Å². The maximum absolute atomic E-state index is 13.4. The number of halogens is 2. The molecule has 162 valence electrons. The second kappa shape index (κ2) is 8.13. The lowest BCUT2D eigenvalue weighted by molar-refractivity contribution is 0.0791. The second-order valence-electron chi connectivity index (χ2n) is 8.15. The number of carbonyl (C=O) groups excluding carboxylic acids is 1. The van der Waals surface area contributed by atoms with Crippen LogP contribution in [0.25, 0.3) is 0 Å². The van der Waals surface area contributed by atoms with Gasteiger partial charge in [-0.05, 0) is 46.0 Å². The van der Waals surface area contributed by atoms with Crippen molar-refractivity contribution in [1.82, 2.24) is 10.6 Å². The number of allylic oxidation sites excluding steroid dienone is 2. The van der Waals surface area contributed by atoms with Crippen LogP contribution in [-0.2, 0) is 14.6 Å². The Bertz CT molecular complexity index is 890. The predicted molar refractivity (Wildman–Crippen MR) is 113 cm³/mol. The molecule has 2 unspecified atom stereocenters. The summed E-state index contributed by atoms with van der Waals surface area (Å²) in [5.74, 6) is -0.457. The van der Waals surface area contributed by atoms with E-state index in [1.807, 2.05) is 6.08 Å². The molecule has 1 saturated heterocycles. The number of aliphatic hydroxyl groups is 1. The highest BCUT2D eigenvalue weighted by Crippen LogP contribution is 2.43. The van der Waals surface area contributed by atoms with E-state index in [0.29, 0.717) is 37.5 Å². The molecule has 1 fully saturated rings. The van der Waals surface area contributed by atoms with Crippen molar-refractivity contribution in [3.8, 4) is 0 Å². The molecule has 0 spiro atoms. The third-order valence-corrected chi connectivity index (χ3v) is 9.46. The maximum atomic E-state index is 13.4. The van der Waals surface area contributed by atoms with Crippen LogP contribution in [0, 0.1) is 0 Å². The molecule has 1 aliphatic heterocycles. The van der Waals surface area contributed by atoms with Crippen molar-refractivity contribution in [2.75, 3.05) is 13.2 Å². The van der Waals surface area contributed by atoms with Crippen LogP contribution in [0.1, 0.15) is 46.0 Å². The summed E-state index contributed by atoms with van der Waals surface area (Å²) in [5, 5.41) is 16.9. The lowest BCUT2D eigenvalue weighted by atomic mass is 9.91. The third-order valence-electron chi connectivity index (χ3n) is 5.93. The van der Waals surface area contributed by atoms with Crippen LogP contribution in [0.15, 0.2) is 32.9 Å². The number of carbonyl (C=O) groups is 1. The maximum Gasteiger partial charge on any atom is 0.316 e. The van der Waals surface area contributed by atoms with E-state index in [2.05, 4.69) is 10.6 Å². The molecule has 0 radical (unpaired) electrons. The number of urea groups is 1. The lowest BCUT2D eigenvalue weighted by Crippen LogP contribution is -2.55. The van der Waals surface area contributed by atoms with E-state index in [4.69, 9.17) is 27.9 Å². The molecule has 0 saturated carbocycles. The molecule has 7 nitrogen and oxygen atoms in total. The van der Waals surface area contributed by atoms with Crippen molar-refractivity contribution in [2.45, 2.75) is 62.3 Å². The molecular weight excluding hydrogens is 439 g/mol. The van der Waals surface area contributed by atoms with Crippen molar-refractivity contribution in [3.63, 3.8) is 0 Å². The summed E-state index contributed by atoms with van der Waals surface area (Å²) in [4.78, 5) is 12.2. The van der Waals surface area contributed by atoms with Gasteiger partial charge in [-0.2, -0.15) is 0 Å². The van der Waals surface area contributed by atoms with Crippen LogP contribution < -0.4 is 10.6 Å². The van der Waals surface area contributed by atoms with Gasteiger partial charge in [0.2, 0.25) is 0 Å². The van der Waals surface area contributed by atoms with E-state index in [1.54, 1.807) is 13.8 Å². The van der Waals surface area contributed by atoms with Gasteiger partial charge in [0, 0.05) is 18.2 Å². The van der Waals surface area contributed by atoms with Gasteiger partial charge in [0.05, 0.1) is 15.8 Å². The summed E-state index contributed by atoms with van der Waals surface area (Å²) in [6, 6.07) is -0.837. The lowest BCUT2D eigenvalue weighted by Gasteiger charge is -2.38. The van der Waals surface area contributed by atoms with Gasteiger partial charge in [0.15, 0.2) is 9.84 Å². The number of sulfone groups is 1. The Labute approximate surface area is 181 Å². The molecule has 3 rings (SSSR count). The molecule has 2 amide bonds. The fourth-order valence-corrected chi connectivity index (χ4v) is 6.55. The van der Waals surface area contributed by atoms with Crippen LogP contribution in [-0.4, -0.2) is 49.1 Å². The second-order valence-corrected chi connectivity index (χ2v) is 11.4. The van der Waals surface area contributed by atoms with Crippen molar-refractivity contribution < 1.29 is 23.1 Å². The smallest absolute Gasteiger partial charge is 0.316 e. The SMILES string of the molecule is CC1(NC(=O)NC2CCC=C2Cl)CC=C(Cl)C(S(=O)(=O)C2(C)CCOCC2)=C1O. The first-order valence-corrected chi connectivity index (χ1v) is 11.8. The largest absolute Gasteiger partial charge is 0.508 e. The van der Waals surface area contributed by atoms with Gasteiger partial charge in [-0.1, -0.05) is 35.4 Å². The van der Waals surface area contributed by atoms with E-state index in [9.17, 15) is 18.3 Å². The molecule has 0 aromatic rings. The van der Waals surface area contributed by atoms with Crippen LogP contribution in [0.5, 0.6) is 0 Å². The standard InChI is InChI=1S/C19H26Cl2N2O5S/c1-18(8-10-28-11-9-18)29(26,27)15-13(21)6-7-19(2,16(15)24)23-17(25)22-14-5-3-4-12(14)20/h4,6,14,24H,3,5,7-11H2,1-2H3,(H2,22,23,25). The fraction of sp³-hybridized carbons (Fsp3) is 0.632. The summed E-state index contributed by atoms with van der Waals surface area (Å²) in [6.07, 6.45) is 5.57. The average molecular weight is 465 g/mol. The summed E-state index contributed by atoms with van der Waals surface area (Å²) in [7, 11) is -3.97. The zero-order valence-electron chi connectivity index (χ0n) is 16.4. The normalized spacial score (nSPS) is 29.9. The Kier molecular flexibility index (Phi) is 6.30. The number of ether oxygens (including phenoxy) is 1. The average Bonchev–Trinajstić information content (AvgIpc) is 3.04. The van der Waals surface area contributed by atoms with Gasteiger partial charge in [0.25, 0.3) is 0 Å². The number of amides is 2. The topological polar surface area (TPSA) is 105 Å². The minimum atomic E-state index is -3.97. The van der Waals surface area contributed by atoms with E-state index in [1.165, 1.54) is 6.08 Å². The van der Waals surface area contributed by atoms with Gasteiger partial charge >= 0.3 is 6.03 Å². The first-order chi connectivity index (χ1) is 13.5. The number of nitrogens with one attached hydrogen (secondary N) is 2. The molecule has 3 aliphatic rings. The summed E-state index contributed by atoms with van der Waals surface area (Å²) in [6.45, 7) is 3.84. The minimum Gasteiger partial charge on any atom is -0.508 e. The quantitative estimate of drug-likeness (QED) is 0.589. The first kappa shape index (κ1) is 22.5. The zero-order chi connectivity index (χ0) is 21.4. The van der Waals surface area contributed by atoms with Gasteiger partial charge < -0.3 is 20.5 Å². The summed E-state index contributed by atoms with van der Waals surface area (Å²) in [5.41, 5.74) is -1.32. The Balaban J connectivity index is 1.88. The number of hydrogen-bond acceptors (Lipinski definition) is 5. The Morgan fingerprint density at radius 1 is 1.24 bits per heavy atom. The molecule has 10 heteroatoms. The fourth-order valence-electron chi connectivity index (χ4n) is 3.79. The molecule has 3 N–H and O–H groups in total. The van der Waals surface area contributed by atoms with Crippen molar-refractivity contribution in [3.05, 3.63) is 32.9 Å². The highest BCUT2D eigenvalue weighted by Gasteiger charge is 2.49. The Hall–Kier alpha value is -1.22. The predicted octanol–water partition coefficient (Wildman–Crippen LogP) is 3.61. The molecule has 29 heavy (non-hydrogen) atoms. The summed E-state index contributed by atoms with van der Waals surface area (Å²) >= 11 is 12.3. The van der Waals surface area contributed by atoms with Gasteiger partial charge in [-0.3, -0.25) is 0 Å². The molecule has 1 heterocycles. The van der Waals surface area contributed by atoms with E-state index >= 15 is 0 Å².